The van der Waals surface area contributed by atoms with Crippen molar-refractivity contribution in [2.24, 2.45) is 5.92 Å². The first-order valence-corrected chi connectivity index (χ1v) is 7.89. The van der Waals surface area contributed by atoms with Gasteiger partial charge in [0, 0.05) is 23.4 Å². The van der Waals surface area contributed by atoms with Crippen LogP contribution in [0.3, 0.4) is 0 Å². The van der Waals surface area contributed by atoms with Crippen LogP contribution in [0.4, 0.5) is 0 Å². The van der Waals surface area contributed by atoms with Crippen LogP contribution in [-0.4, -0.2) is 31.6 Å². The lowest BCUT2D eigenvalue weighted by Crippen LogP contribution is -2.65. The molecule has 4 atom stereocenters. The van der Waals surface area contributed by atoms with E-state index in [0.29, 0.717) is 18.4 Å². The largest absolute Gasteiger partial charge is 0.493 e. The molecule has 1 N–H and O–H groups in total. The van der Waals surface area contributed by atoms with Crippen molar-refractivity contribution in [2.75, 3.05) is 13.7 Å². The van der Waals surface area contributed by atoms with E-state index in [4.69, 9.17) is 9.47 Å². The molecule has 21 heavy (non-hydrogen) atoms. The normalized spacial score (nSPS) is 38.7. The van der Waals surface area contributed by atoms with Gasteiger partial charge in [0.05, 0.1) is 7.11 Å². The number of benzene rings is 1. The molecule has 0 aromatic heterocycles. The molecule has 5 rings (SSSR count). The highest BCUT2D eigenvalue weighted by atomic mass is 16.5. The smallest absolute Gasteiger partial charge is 0.174 e. The molecule has 1 spiro atoms. The van der Waals surface area contributed by atoms with Crippen LogP contribution in [0, 0.1) is 5.92 Å². The Morgan fingerprint density at radius 3 is 3.19 bits per heavy atom. The van der Waals surface area contributed by atoms with E-state index in [1.54, 1.807) is 7.11 Å². The van der Waals surface area contributed by atoms with E-state index in [9.17, 15) is 4.79 Å². The Morgan fingerprint density at radius 1 is 1.43 bits per heavy atom. The number of nitrogens with one attached hydrogen (secondary N) is 1. The molecule has 2 unspecified atom stereocenters. The molecule has 0 amide bonds. The van der Waals surface area contributed by atoms with Crippen LogP contribution in [0.1, 0.15) is 30.4 Å². The van der Waals surface area contributed by atoms with Gasteiger partial charge in [0.1, 0.15) is 0 Å². The zero-order valence-electron chi connectivity index (χ0n) is 12.1. The van der Waals surface area contributed by atoms with E-state index in [0.717, 1.165) is 37.3 Å². The molecule has 1 saturated carbocycles. The van der Waals surface area contributed by atoms with Gasteiger partial charge in [0.15, 0.2) is 23.4 Å². The summed E-state index contributed by atoms with van der Waals surface area (Å²) in [5.74, 6) is 2.43. The zero-order chi connectivity index (χ0) is 14.2. The fraction of sp³-hybridized carbons (Fsp3) is 0.588. The lowest BCUT2D eigenvalue weighted by atomic mass is 9.52. The standard InChI is InChI=1S/C17H19NO3/c1-20-13-5-2-9-8-11-10-3-4-12(19)16-17(10,6-7-18-11)14(9)15(13)21-16/h2,5,10-11,16,18H,3-4,6-8H2,1H3/t10-,11?,16?,17-/m1/s1. The fourth-order valence-corrected chi connectivity index (χ4v) is 5.40. The van der Waals surface area contributed by atoms with Gasteiger partial charge >= 0.3 is 0 Å². The van der Waals surface area contributed by atoms with Crippen LogP contribution < -0.4 is 14.8 Å². The third-order valence-corrected chi connectivity index (χ3v) is 6.12. The van der Waals surface area contributed by atoms with Gasteiger partial charge in [-0.2, -0.15) is 0 Å². The van der Waals surface area contributed by atoms with Gasteiger partial charge in [0.25, 0.3) is 0 Å². The fourth-order valence-electron chi connectivity index (χ4n) is 5.40. The highest BCUT2D eigenvalue weighted by Crippen LogP contribution is 2.61. The third-order valence-electron chi connectivity index (χ3n) is 6.12. The Hall–Kier alpha value is -1.55. The first-order valence-electron chi connectivity index (χ1n) is 7.89. The lowest BCUT2D eigenvalue weighted by molar-refractivity contribution is -0.135. The molecular weight excluding hydrogens is 266 g/mol. The molecule has 2 heterocycles. The van der Waals surface area contributed by atoms with Crippen molar-refractivity contribution in [3.05, 3.63) is 23.3 Å². The topological polar surface area (TPSA) is 47.6 Å². The summed E-state index contributed by atoms with van der Waals surface area (Å²) in [4.78, 5) is 12.5. The maximum Gasteiger partial charge on any atom is 0.174 e. The predicted octanol–water partition coefficient (Wildman–Crippen LogP) is 1.59. The van der Waals surface area contributed by atoms with Crippen LogP contribution in [0.15, 0.2) is 12.1 Å². The Balaban J connectivity index is 1.83. The molecule has 2 bridgehead atoms. The van der Waals surface area contributed by atoms with Gasteiger partial charge in [-0.05, 0) is 43.4 Å². The second-order valence-electron chi connectivity index (χ2n) is 6.80. The van der Waals surface area contributed by atoms with Gasteiger partial charge in [-0.1, -0.05) is 6.07 Å². The number of hydrogen-bond donors (Lipinski definition) is 1. The van der Waals surface area contributed by atoms with Crippen LogP contribution in [-0.2, 0) is 16.6 Å². The number of ketones is 1. The minimum atomic E-state index is -0.286. The number of rotatable bonds is 1. The van der Waals surface area contributed by atoms with Crippen LogP contribution in [0.5, 0.6) is 11.5 Å². The zero-order valence-corrected chi connectivity index (χ0v) is 12.1. The Morgan fingerprint density at radius 2 is 2.33 bits per heavy atom. The van der Waals surface area contributed by atoms with Crippen LogP contribution in [0.25, 0.3) is 0 Å². The maximum atomic E-state index is 12.5. The summed E-state index contributed by atoms with van der Waals surface area (Å²) >= 11 is 0. The predicted molar refractivity (Wildman–Crippen MR) is 76.9 cm³/mol. The molecule has 4 heteroatoms. The SMILES string of the molecule is COc1ccc2c3c1OC1C(=O)CC[C@@H]4C(C2)NCC[C@@]314. The van der Waals surface area contributed by atoms with Gasteiger partial charge in [0.2, 0.25) is 0 Å². The van der Waals surface area contributed by atoms with Crippen molar-refractivity contribution in [1.29, 1.82) is 0 Å². The molecule has 2 fully saturated rings. The summed E-state index contributed by atoms with van der Waals surface area (Å²) < 4.78 is 11.7. The minimum absolute atomic E-state index is 0.0945. The highest BCUT2D eigenvalue weighted by Gasteiger charge is 2.64. The van der Waals surface area contributed by atoms with E-state index < -0.39 is 0 Å². The van der Waals surface area contributed by atoms with Gasteiger partial charge in [-0.15, -0.1) is 0 Å². The molecule has 1 saturated heterocycles. The van der Waals surface area contributed by atoms with E-state index in [1.807, 2.05) is 6.07 Å². The number of carbonyl (C=O) groups excluding carboxylic acids is 1. The van der Waals surface area contributed by atoms with Crippen molar-refractivity contribution in [2.45, 2.75) is 43.2 Å². The summed E-state index contributed by atoms with van der Waals surface area (Å²) in [6, 6.07) is 4.65. The van der Waals surface area contributed by atoms with E-state index in [-0.39, 0.29) is 17.3 Å². The van der Waals surface area contributed by atoms with Crippen LogP contribution in [0.2, 0.25) is 0 Å². The average Bonchev–Trinajstić information content (AvgIpc) is 2.83. The first-order chi connectivity index (χ1) is 10.3. The lowest BCUT2D eigenvalue weighted by Gasteiger charge is -2.54. The second-order valence-corrected chi connectivity index (χ2v) is 6.80. The van der Waals surface area contributed by atoms with Crippen molar-refractivity contribution in [3.8, 4) is 11.5 Å². The Kier molecular flexibility index (Phi) is 2.18. The maximum absolute atomic E-state index is 12.5. The molecule has 1 aromatic rings. The quantitative estimate of drug-likeness (QED) is 0.851. The molecule has 0 radical (unpaired) electrons. The van der Waals surface area contributed by atoms with Gasteiger partial charge in [-0.25, -0.2) is 0 Å². The molecular formula is C17H19NO3. The molecule has 4 aliphatic rings. The number of carbonyl (C=O) groups is 1. The molecule has 4 nitrogen and oxygen atoms in total. The summed E-state index contributed by atoms with van der Waals surface area (Å²) in [6.07, 6.45) is 3.40. The summed E-state index contributed by atoms with van der Waals surface area (Å²) in [7, 11) is 1.68. The number of hydrogen-bond acceptors (Lipinski definition) is 4. The highest BCUT2D eigenvalue weighted by molar-refractivity contribution is 5.89. The van der Waals surface area contributed by atoms with E-state index in [1.165, 1.54) is 11.1 Å². The molecule has 2 aliphatic heterocycles. The van der Waals surface area contributed by atoms with E-state index in [2.05, 4.69) is 11.4 Å². The number of ether oxygens (including phenoxy) is 2. The van der Waals surface area contributed by atoms with Crippen molar-refractivity contribution < 1.29 is 14.3 Å². The minimum Gasteiger partial charge on any atom is -0.493 e. The summed E-state index contributed by atoms with van der Waals surface area (Å²) in [6.45, 7) is 0.977. The van der Waals surface area contributed by atoms with Crippen LogP contribution >= 0.6 is 0 Å². The Bertz CT molecular complexity index is 656. The summed E-state index contributed by atoms with van der Waals surface area (Å²) in [5, 5.41) is 3.67. The first kappa shape index (κ1) is 12.0. The average molecular weight is 285 g/mol. The second kappa shape index (κ2) is 3.80. The monoisotopic (exact) mass is 285 g/mol. The molecule has 2 aliphatic carbocycles. The van der Waals surface area contributed by atoms with Crippen molar-refractivity contribution in [3.63, 3.8) is 0 Å². The number of methoxy groups -OCH3 is 1. The van der Waals surface area contributed by atoms with Gasteiger partial charge in [-0.3, -0.25) is 4.79 Å². The number of Topliss-reactive ketones (excluding diaryl/α,β-unsaturated/α-hetero) is 1. The van der Waals surface area contributed by atoms with Crippen molar-refractivity contribution >= 4 is 5.78 Å². The number of piperidine rings is 1. The van der Waals surface area contributed by atoms with Crippen molar-refractivity contribution in [1.82, 2.24) is 5.32 Å². The molecule has 110 valence electrons. The van der Waals surface area contributed by atoms with E-state index >= 15 is 0 Å². The Labute approximate surface area is 123 Å². The summed E-state index contributed by atoms with van der Waals surface area (Å²) in [5.41, 5.74) is 2.54. The van der Waals surface area contributed by atoms with Gasteiger partial charge < -0.3 is 14.8 Å². The third kappa shape index (κ3) is 1.24. The molecule has 1 aromatic carbocycles.